The minimum Gasteiger partial charge on any atom is -0.383 e. The van der Waals surface area contributed by atoms with Gasteiger partial charge in [0.2, 0.25) is 0 Å². The van der Waals surface area contributed by atoms with Gasteiger partial charge in [0, 0.05) is 30.4 Å². The number of aromatic nitrogens is 3. The number of fused-ring (bicyclic) bond motifs is 3. The maximum absolute atomic E-state index is 13.0. The van der Waals surface area contributed by atoms with Crippen LogP contribution in [0.25, 0.3) is 16.6 Å². The summed E-state index contributed by atoms with van der Waals surface area (Å²) in [4.78, 5) is 25.8. The maximum Gasteiger partial charge on any atom is 0.277 e. The van der Waals surface area contributed by atoms with Crippen molar-refractivity contribution in [2.75, 3.05) is 19.0 Å². The number of amides is 1. The smallest absolute Gasteiger partial charge is 0.277 e. The van der Waals surface area contributed by atoms with Crippen molar-refractivity contribution in [3.63, 3.8) is 0 Å². The number of rotatable bonds is 5. The molecule has 0 aliphatic rings. The van der Waals surface area contributed by atoms with Crippen molar-refractivity contribution >= 4 is 39.7 Å². The van der Waals surface area contributed by atoms with Gasteiger partial charge in [-0.25, -0.2) is 4.52 Å². The van der Waals surface area contributed by atoms with E-state index in [2.05, 4.69) is 10.4 Å². The number of aryl methyl sites for hydroxylation is 1. The third-order valence-electron chi connectivity index (χ3n) is 4.76. The summed E-state index contributed by atoms with van der Waals surface area (Å²) in [5, 5.41) is 7.82. The van der Waals surface area contributed by atoms with E-state index in [1.807, 2.05) is 31.2 Å². The fraction of sp³-hybridized carbons (Fsp3) is 0.190. The molecule has 0 bridgehead atoms. The third kappa shape index (κ3) is 3.50. The molecule has 1 amide bonds. The second-order valence-electron chi connectivity index (χ2n) is 6.68. The van der Waals surface area contributed by atoms with Gasteiger partial charge >= 0.3 is 0 Å². The first-order valence-corrected chi connectivity index (χ1v) is 9.45. The van der Waals surface area contributed by atoms with Crippen molar-refractivity contribution in [3.8, 4) is 0 Å². The Bertz CT molecular complexity index is 1290. The monoisotopic (exact) mass is 410 g/mol. The molecule has 148 valence electrons. The molecular weight excluding hydrogens is 392 g/mol. The summed E-state index contributed by atoms with van der Waals surface area (Å²) in [5.41, 5.74) is 3.20. The minimum absolute atomic E-state index is 0.158. The molecule has 2 aromatic carbocycles. The predicted molar refractivity (Wildman–Crippen MR) is 113 cm³/mol. The Labute approximate surface area is 171 Å². The highest BCUT2D eigenvalue weighted by atomic mass is 35.5. The lowest BCUT2D eigenvalue weighted by atomic mass is 10.2. The molecule has 2 aromatic heterocycles. The molecule has 29 heavy (non-hydrogen) atoms. The van der Waals surface area contributed by atoms with Crippen molar-refractivity contribution in [2.45, 2.75) is 13.5 Å². The van der Waals surface area contributed by atoms with E-state index in [9.17, 15) is 9.59 Å². The highest BCUT2D eigenvalue weighted by Crippen LogP contribution is 2.21. The number of halogens is 1. The average Bonchev–Trinajstić information content (AvgIpc) is 3.16. The van der Waals surface area contributed by atoms with E-state index >= 15 is 0 Å². The number of ether oxygens (including phenoxy) is 1. The van der Waals surface area contributed by atoms with Crippen LogP contribution in [0.2, 0.25) is 5.02 Å². The number of benzene rings is 2. The summed E-state index contributed by atoms with van der Waals surface area (Å²) in [5.74, 6) is -0.397. The molecule has 0 radical (unpaired) electrons. The van der Waals surface area contributed by atoms with Crippen LogP contribution in [0, 0.1) is 6.92 Å². The van der Waals surface area contributed by atoms with E-state index in [1.54, 1.807) is 29.9 Å². The Balaban J connectivity index is 1.81. The summed E-state index contributed by atoms with van der Waals surface area (Å²) in [6.07, 6.45) is 0. The lowest BCUT2D eigenvalue weighted by Gasteiger charge is -2.11. The SMILES string of the molecule is COCCn1c(=O)c2cc(C(=O)Nc3ccc(Cl)cc3C)nn2c2ccccc21. The molecule has 0 spiro atoms. The Morgan fingerprint density at radius 2 is 1.90 bits per heavy atom. The lowest BCUT2D eigenvalue weighted by molar-refractivity contribution is 0.102. The van der Waals surface area contributed by atoms with Crippen molar-refractivity contribution in [2.24, 2.45) is 0 Å². The van der Waals surface area contributed by atoms with Crippen LogP contribution in [-0.4, -0.2) is 33.8 Å². The largest absolute Gasteiger partial charge is 0.383 e. The van der Waals surface area contributed by atoms with E-state index in [4.69, 9.17) is 16.3 Å². The Morgan fingerprint density at radius 3 is 2.62 bits per heavy atom. The number of carbonyl (C=O) groups is 1. The first-order chi connectivity index (χ1) is 14.0. The minimum atomic E-state index is -0.397. The number of hydrogen-bond donors (Lipinski definition) is 1. The molecule has 4 rings (SSSR count). The van der Waals surface area contributed by atoms with E-state index in [-0.39, 0.29) is 11.3 Å². The van der Waals surface area contributed by atoms with E-state index in [1.165, 1.54) is 10.6 Å². The molecule has 0 saturated carbocycles. The van der Waals surface area contributed by atoms with Gasteiger partial charge < -0.3 is 14.6 Å². The van der Waals surface area contributed by atoms with Crippen molar-refractivity contribution < 1.29 is 9.53 Å². The zero-order valence-corrected chi connectivity index (χ0v) is 16.7. The van der Waals surface area contributed by atoms with Crippen LogP contribution < -0.4 is 10.9 Å². The summed E-state index contributed by atoms with van der Waals surface area (Å²) in [6.45, 7) is 2.66. The zero-order chi connectivity index (χ0) is 20.5. The van der Waals surface area contributed by atoms with Crippen LogP contribution in [0.4, 0.5) is 5.69 Å². The van der Waals surface area contributed by atoms with Gasteiger partial charge in [0.15, 0.2) is 5.69 Å². The molecule has 0 fully saturated rings. The number of para-hydroxylation sites is 2. The fourth-order valence-corrected chi connectivity index (χ4v) is 3.53. The maximum atomic E-state index is 13.0. The third-order valence-corrected chi connectivity index (χ3v) is 5.00. The number of nitrogens with one attached hydrogen (secondary N) is 1. The molecule has 0 unspecified atom stereocenters. The molecule has 8 heteroatoms. The van der Waals surface area contributed by atoms with Crippen LogP contribution >= 0.6 is 11.6 Å². The summed E-state index contributed by atoms with van der Waals surface area (Å²) < 4.78 is 8.29. The highest BCUT2D eigenvalue weighted by Gasteiger charge is 2.17. The van der Waals surface area contributed by atoms with Gasteiger partial charge in [-0.15, -0.1) is 0 Å². The standard InChI is InChI=1S/C21H19ClN4O3/c1-13-11-14(22)7-8-15(13)23-20(27)16-12-19-21(28)25(9-10-29-2)17-5-3-4-6-18(17)26(19)24-16/h3-8,11-12H,9-10H2,1-2H3,(H,23,27). The predicted octanol–water partition coefficient (Wildman–Crippen LogP) is 3.51. The fourth-order valence-electron chi connectivity index (χ4n) is 3.31. The summed E-state index contributed by atoms with van der Waals surface area (Å²) >= 11 is 5.97. The van der Waals surface area contributed by atoms with Gasteiger partial charge in [0.25, 0.3) is 11.5 Å². The number of anilines is 1. The number of hydrogen-bond acceptors (Lipinski definition) is 4. The second kappa shape index (κ2) is 7.69. The summed E-state index contributed by atoms with van der Waals surface area (Å²) in [6, 6.07) is 14.2. The van der Waals surface area contributed by atoms with Crippen molar-refractivity contribution in [3.05, 3.63) is 75.2 Å². The van der Waals surface area contributed by atoms with Crippen LogP contribution in [0.3, 0.4) is 0 Å². The normalized spacial score (nSPS) is 11.3. The average molecular weight is 411 g/mol. The molecular formula is C21H19ClN4O3. The van der Waals surface area contributed by atoms with Crippen molar-refractivity contribution in [1.29, 1.82) is 0 Å². The van der Waals surface area contributed by atoms with Crippen LogP contribution in [0.5, 0.6) is 0 Å². The van der Waals surface area contributed by atoms with E-state index in [0.717, 1.165) is 16.6 Å². The Kier molecular flexibility index (Phi) is 5.08. The number of carbonyl (C=O) groups excluding carboxylic acids is 1. The molecule has 4 aromatic rings. The molecule has 0 saturated heterocycles. The van der Waals surface area contributed by atoms with E-state index < -0.39 is 5.91 Å². The van der Waals surface area contributed by atoms with Gasteiger partial charge in [-0.05, 0) is 42.8 Å². The molecule has 0 atom stereocenters. The first-order valence-electron chi connectivity index (χ1n) is 9.07. The quantitative estimate of drug-likeness (QED) is 0.546. The van der Waals surface area contributed by atoms with Crippen molar-refractivity contribution in [1.82, 2.24) is 14.2 Å². The van der Waals surface area contributed by atoms with Crippen LogP contribution in [0.15, 0.2) is 53.3 Å². The van der Waals surface area contributed by atoms with Gasteiger partial charge in [-0.2, -0.15) is 5.10 Å². The van der Waals surface area contributed by atoms with Gasteiger partial charge in [0.05, 0.1) is 17.6 Å². The Morgan fingerprint density at radius 1 is 1.14 bits per heavy atom. The molecule has 2 heterocycles. The highest BCUT2D eigenvalue weighted by molar-refractivity contribution is 6.30. The van der Waals surface area contributed by atoms with Gasteiger partial charge in [-0.1, -0.05) is 23.7 Å². The molecule has 0 aliphatic carbocycles. The number of nitrogens with zero attached hydrogens (tertiary/aromatic N) is 3. The van der Waals surface area contributed by atoms with E-state index in [0.29, 0.717) is 29.4 Å². The zero-order valence-electron chi connectivity index (χ0n) is 16.0. The molecule has 1 N–H and O–H groups in total. The molecule has 7 nitrogen and oxygen atoms in total. The number of methoxy groups -OCH3 is 1. The first kappa shape index (κ1) is 19.2. The molecule has 0 aliphatic heterocycles. The topological polar surface area (TPSA) is 77.6 Å². The van der Waals surface area contributed by atoms with Crippen LogP contribution in [-0.2, 0) is 11.3 Å². The van der Waals surface area contributed by atoms with Gasteiger partial charge in [0.1, 0.15) is 5.52 Å². The summed E-state index contributed by atoms with van der Waals surface area (Å²) in [7, 11) is 1.59. The Hall–Kier alpha value is -3.16. The van der Waals surface area contributed by atoms with Gasteiger partial charge in [-0.3, -0.25) is 9.59 Å². The van der Waals surface area contributed by atoms with Crippen LogP contribution in [0.1, 0.15) is 16.1 Å². The lowest BCUT2D eigenvalue weighted by Crippen LogP contribution is -2.24. The second-order valence-corrected chi connectivity index (χ2v) is 7.11.